The van der Waals surface area contributed by atoms with E-state index in [1.165, 1.54) is 23.1 Å². The second-order valence-electron chi connectivity index (χ2n) is 6.86. The van der Waals surface area contributed by atoms with Crippen LogP contribution in [0.4, 0.5) is 0 Å². The van der Waals surface area contributed by atoms with Crippen LogP contribution < -0.4 is 5.73 Å². The molecule has 136 valence electrons. The van der Waals surface area contributed by atoms with E-state index in [0.717, 1.165) is 38.7 Å². The van der Waals surface area contributed by atoms with Gasteiger partial charge in [0.2, 0.25) is 0 Å². The Labute approximate surface area is 146 Å². The second-order valence-corrected chi connectivity index (χ2v) is 6.86. The van der Waals surface area contributed by atoms with Crippen molar-refractivity contribution in [3.8, 4) is 0 Å². The molecule has 0 amide bonds. The van der Waals surface area contributed by atoms with E-state index in [9.17, 15) is 0 Å². The first-order chi connectivity index (χ1) is 11.8. The van der Waals surface area contributed by atoms with Crippen LogP contribution in [0, 0.1) is 5.92 Å². The molecule has 1 aromatic carbocycles. The van der Waals surface area contributed by atoms with Crippen LogP contribution in [-0.2, 0) is 22.3 Å². The standard InChI is InChI=1S/C20H33NO3/c1-23-10-11-24-15-16-5-6-18-13-19(8-7-17(18)12-16)20(14-21)4-2-3-9-22/h7-8,13,16,20,22H,2-6,9-12,14-15,21H2,1H3/t16-,20-/m0/s1. The van der Waals surface area contributed by atoms with Crippen molar-refractivity contribution >= 4 is 0 Å². The Kier molecular flexibility index (Phi) is 8.75. The first-order valence-electron chi connectivity index (χ1n) is 9.27. The number of methoxy groups -OCH3 is 1. The van der Waals surface area contributed by atoms with E-state index in [1.807, 2.05) is 0 Å². The third kappa shape index (κ3) is 5.85. The minimum atomic E-state index is 0.273. The topological polar surface area (TPSA) is 64.7 Å². The number of aliphatic hydroxyl groups is 1. The van der Waals surface area contributed by atoms with Crippen LogP contribution >= 0.6 is 0 Å². The lowest BCUT2D eigenvalue weighted by molar-refractivity contribution is 0.0487. The SMILES string of the molecule is COCCOC[C@H]1CCc2cc([C@H](CN)CCCCO)ccc2C1. The van der Waals surface area contributed by atoms with Crippen LogP contribution in [0.2, 0.25) is 0 Å². The van der Waals surface area contributed by atoms with Crippen LogP contribution in [0.1, 0.15) is 48.3 Å². The third-order valence-corrected chi connectivity index (χ3v) is 5.06. The van der Waals surface area contributed by atoms with Gasteiger partial charge in [-0.15, -0.1) is 0 Å². The van der Waals surface area contributed by atoms with Crippen molar-refractivity contribution in [2.24, 2.45) is 11.7 Å². The zero-order valence-electron chi connectivity index (χ0n) is 15.0. The minimum absolute atomic E-state index is 0.273. The van der Waals surface area contributed by atoms with Crippen LogP contribution in [0.5, 0.6) is 0 Å². The summed E-state index contributed by atoms with van der Waals surface area (Å²) < 4.78 is 10.7. The quantitative estimate of drug-likeness (QED) is 0.610. The number of fused-ring (bicyclic) bond motifs is 1. The van der Waals surface area contributed by atoms with Gasteiger partial charge in [-0.05, 0) is 67.2 Å². The molecule has 0 aliphatic heterocycles. The summed E-state index contributed by atoms with van der Waals surface area (Å²) in [5.74, 6) is 1.03. The molecule has 0 saturated carbocycles. The zero-order chi connectivity index (χ0) is 17.2. The molecular weight excluding hydrogens is 302 g/mol. The molecule has 0 unspecified atom stereocenters. The average molecular weight is 335 g/mol. The molecule has 24 heavy (non-hydrogen) atoms. The van der Waals surface area contributed by atoms with Gasteiger partial charge in [0.1, 0.15) is 0 Å². The van der Waals surface area contributed by atoms with Crippen molar-refractivity contribution in [2.45, 2.75) is 44.4 Å². The van der Waals surface area contributed by atoms with Gasteiger partial charge in [0.05, 0.1) is 13.2 Å². The number of benzene rings is 1. The van der Waals surface area contributed by atoms with E-state index in [0.29, 0.717) is 31.6 Å². The molecule has 2 atom stereocenters. The van der Waals surface area contributed by atoms with E-state index in [2.05, 4.69) is 18.2 Å². The van der Waals surface area contributed by atoms with Crippen LogP contribution in [0.3, 0.4) is 0 Å². The molecule has 0 fully saturated rings. The summed E-state index contributed by atoms with van der Waals surface area (Å²) in [5, 5.41) is 8.95. The van der Waals surface area contributed by atoms with E-state index >= 15 is 0 Å². The predicted molar refractivity (Wildman–Crippen MR) is 97.4 cm³/mol. The second kappa shape index (κ2) is 10.8. The molecule has 1 aliphatic carbocycles. The zero-order valence-corrected chi connectivity index (χ0v) is 15.0. The first-order valence-corrected chi connectivity index (χ1v) is 9.27. The predicted octanol–water partition coefficient (Wildman–Crippen LogP) is 2.66. The fourth-order valence-corrected chi connectivity index (χ4v) is 3.56. The molecule has 2 rings (SSSR count). The first kappa shape index (κ1) is 19.4. The van der Waals surface area contributed by atoms with Crippen molar-refractivity contribution in [1.82, 2.24) is 0 Å². The highest BCUT2D eigenvalue weighted by molar-refractivity contribution is 5.36. The smallest absolute Gasteiger partial charge is 0.0700 e. The van der Waals surface area contributed by atoms with Gasteiger partial charge in [-0.3, -0.25) is 0 Å². The highest BCUT2D eigenvalue weighted by Crippen LogP contribution is 2.30. The fraction of sp³-hybridized carbons (Fsp3) is 0.700. The lowest BCUT2D eigenvalue weighted by Crippen LogP contribution is -2.21. The summed E-state index contributed by atoms with van der Waals surface area (Å²) in [4.78, 5) is 0. The van der Waals surface area contributed by atoms with Gasteiger partial charge in [0.15, 0.2) is 0 Å². The van der Waals surface area contributed by atoms with Crippen LogP contribution in [0.25, 0.3) is 0 Å². The van der Waals surface area contributed by atoms with E-state index < -0.39 is 0 Å². The highest BCUT2D eigenvalue weighted by Gasteiger charge is 2.20. The third-order valence-electron chi connectivity index (χ3n) is 5.06. The molecular formula is C20H33NO3. The van der Waals surface area contributed by atoms with Crippen molar-refractivity contribution < 1.29 is 14.6 Å². The average Bonchev–Trinajstić information content (AvgIpc) is 2.62. The van der Waals surface area contributed by atoms with Gasteiger partial charge in [0, 0.05) is 20.3 Å². The summed E-state index contributed by atoms with van der Waals surface area (Å²) >= 11 is 0. The molecule has 0 aromatic heterocycles. The largest absolute Gasteiger partial charge is 0.396 e. The maximum Gasteiger partial charge on any atom is 0.0700 e. The van der Waals surface area contributed by atoms with E-state index in [-0.39, 0.29) is 6.61 Å². The Hall–Kier alpha value is -0.940. The highest BCUT2D eigenvalue weighted by atomic mass is 16.5. The minimum Gasteiger partial charge on any atom is -0.396 e. The fourth-order valence-electron chi connectivity index (χ4n) is 3.56. The summed E-state index contributed by atoms with van der Waals surface area (Å²) in [7, 11) is 1.70. The van der Waals surface area contributed by atoms with Gasteiger partial charge >= 0.3 is 0 Å². The lowest BCUT2D eigenvalue weighted by Gasteiger charge is -2.26. The van der Waals surface area contributed by atoms with Crippen LogP contribution in [0.15, 0.2) is 18.2 Å². The van der Waals surface area contributed by atoms with E-state index in [4.69, 9.17) is 20.3 Å². The summed E-state index contributed by atoms with van der Waals surface area (Å²) in [6, 6.07) is 6.91. The normalized spacial score (nSPS) is 18.4. The molecule has 3 N–H and O–H groups in total. The van der Waals surface area contributed by atoms with Crippen molar-refractivity contribution in [3.63, 3.8) is 0 Å². The summed E-state index contributed by atoms with van der Waals surface area (Å²) in [5.41, 5.74) is 10.3. The number of rotatable bonds is 11. The van der Waals surface area contributed by atoms with Crippen molar-refractivity contribution in [1.29, 1.82) is 0 Å². The van der Waals surface area contributed by atoms with Crippen molar-refractivity contribution in [3.05, 3.63) is 34.9 Å². The molecule has 1 aromatic rings. The number of hydrogen-bond acceptors (Lipinski definition) is 4. The van der Waals surface area contributed by atoms with Gasteiger partial charge in [-0.25, -0.2) is 0 Å². The van der Waals surface area contributed by atoms with E-state index in [1.54, 1.807) is 7.11 Å². The van der Waals surface area contributed by atoms with Crippen LogP contribution in [-0.4, -0.2) is 45.2 Å². The Morgan fingerprint density at radius 2 is 2.12 bits per heavy atom. The monoisotopic (exact) mass is 335 g/mol. The number of aryl methyl sites for hydroxylation is 1. The maximum atomic E-state index is 8.95. The van der Waals surface area contributed by atoms with Gasteiger partial charge < -0.3 is 20.3 Å². The molecule has 1 aliphatic rings. The molecule has 0 bridgehead atoms. The Bertz CT molecular complexity index is 478. The number of hydrogen-bond donors (Lipinski definition) is 2. The molecule has 4 nitrogen and oxygen atoms in total. The molecule has 0 radical (unpaired) electrons. The maximum absolute atomic E-state index is 8.95. The number of nitrogens with two attached hydrogens (primary N) is 1. The Balaban J connectivity index is 1.90. The Morgan fingerprint density at radius 1 is 1.25 bits per heavy atom. The number of ether oxygens (including phenoxy) is 2. The number of aliphatic hydroxyl groups excluding tert-OH is 1. The molecule has 0 spiro atoms. The summed E-state index contributed by atoms with van der Waals surface area (Å²) in [6.07, 6.45) is 6.41. The van der Waals surface area contributed by atoms with Gasteiger partial charge in [-0.1, -0.05) is 24.6 Å². The summed E-state index contributed by atoms with van der Waals surface area (Å²) in [6.45, 7) is 3.14. The molecule has 0 heterocycles. The number of unbranched alkanes of at least 4 members (excludes halogenated alkanes) is 1. The van der Waals surface area contributed by atoms with Gasteiger partial charge in [-0.2, -0.15) is 0 Å². The molecule has 4 heteroatoms. The van der Waals surface area contributed by atoms with Crippen molar-refractivity contribution in [2.75, 3.05) is 40.1 Å². The Morgan fingerprint density at radius 3 is 2.88 bits per heavy atom. The lowest BCUT2D eigenvalue weighted by atomic mass is 9.81. The molecule has 0 saturated heterocycles. The van der Waals surface area contributed by atoms with Gasteiger partial charge in [0.25, 0.3) is 0 Å².